The fourth-order valence-corrected chi connectivity index (χ4v) is 6.87. The van der Waals surface area contributed by atoms with Crippen molar-refractivity contribution in [2.24, 2.45) is 0 Å². The summed E-state index contributed by atoms with van der Waals surface area (Å²) in [6.45, 7) is 5.71. The molecule has 7 N–H and O–H groups in total. The smallest absolute Gasteiger partial charge is 0.326 e. The van der Waals surface area contributed by atoms with Gasteiger partial charge in [0.1, 0.15) is 6.04 Å². The molecule has 0 fully saturated rings. The monoisotopic (exact) mass is 1150 g/mol. The number of aliphatic carboxylic acids is 1. The summed E-state index contributed by atoms with van der Waals surface area (Å²) in [5.41, 5.74) is 7.28. The Balaban J connectivity index is 0.748. The second-order valence-corrected chi connectivity index (χ2v) is 17.1. The van der Waals surface area contributed by atoms with Gasteiger partial charge in [-0.25, -0.2) is 32.6 Å². The summed E-state index contributed by atoms with van der Waals surface area (Å²) < 4.78 is 116. The first-order chi connectivity index (χ1) is 39.2. The average Bonchev–Trinajstić information content (AvgIpc) is 3.94. The summed E-state index contributed by atoms with van der Waals surface area (Å²) in [6.07, 6.45) is 4.60. The van der Waals surface area contributed by atoms with Gasteiger partial charge in [0.25, 0.3) is 11.5 Å². The fourth-order valence-electron chi connectivity index (χ4n) is 6.87. The van der Waals surface area contributed by atoms with E-state index in [0.717, 1.165) is 12.1 Å². The normalized spacial score (nSPS) is 11.7. The minimum absolute atomic E-state index is 0.0429. The van der Waals surface area contributed by atoms with Crippen LogP contribution >= 0.6 is 0 Å². The topological polar surface area (TPSA) is 336 Å². The summed E-state index contributed by atoms with van der Waals surface area (Å²) in [5.74, 6) is -16.5. The molecular weight excluding hydrogens is 1090 g/mol. The highest BCUT2D eigenvalue weighted by Crippen LogP contribution is 2.29. The largest absolute Gasteiger partial charge is 0.480 e. The van der Waals surface area contributed by atoms with Gasteiger partial charge in [0, 0.05) is 30.4 Å². The number of amides is 2. The lowest BCUT2D eigenvalue weighted by Crippen LogP contribution is -2.41. The third-order valence-corrected chi connectivity index (χ3v) is 11.0. The number of fused-ring (bicyclic) bond motifs is 1. The van der Waals surface area contributed by atoms with Gasteiger partial charge in [-0.1, -0.05) is 5.21 Å². The number of aryl methyl sites for hydroxylation is 1. The molecule has 0 aliphatic rings. The Bertz CT molecular complexity index is 2790. The van der Waals surface area contributed by atoms with E-state index < -0.39 is 70.7 Å². The Morgan fingerprint density at radius 1 is 0.679 bits per heavy atom. The van der Waals surface area contributed by atoms with E-state index >= 15 is 0 Å². The molecule has 0 aliphatic heterocycles. The van der Waals surface area contributed by atoms with Crippen molar-refractivity contribution in [3.8, 4) is 5.75 Å². The number of rotatable bonds is 42. The Labute approximate surface area is 459 Å². The quantitative estimate of drug-likeness (QED) is 0.00816. The molecule has 5 aromatic rings. The van der Waals surface area contributed by atoms with Gasteiger partial charge in [0.2, 0.25) is 46.7 Å². The zero-order valence-electron chi connectivity index (χ0n) is 44.0. The van der Waals surface area contributed by atoms with Gasteiger partial charge in [-0.05, 0) is 49.9 Å². The SMILES string of the molecule is Nc1nc2ncc(CNc3ccc(C(=O)N[C@@H](CCC(=O)NCCCCc4cn(CCOCCOCCOCCOCCOCCOCCOCCOCCC(=O)Oc5c(F)c(F)c(F)c(F)c5F)nn4)C(=O)O)cc3)nc2c(=O)[nH]1. The van der Waals surface area contributed by atoms with Gasteiger partial charge in [0.15, 0.2) is 11.2 Å². The molecule has 3 heterocycles. The maximum absolute atomic E-state index is 13.6. The molecule has 444 valence electrons. The van der Waals surface area contributed by atoms with Gasteiger partial charge in [0.05, 0.1) is 143 Å². The van der Waals surface area contributed by atoms with Crippen LogP contribution in [0.2, 0.25) is 0 Å². The highest BCUT2D eigenvalue weighted by Gasteiger charge is 2.29. The van der Waals surface area contributed by atoms with Gasteiger partial charge in [-0.3, -0.25) is 24.2 Å². The molecule has 3 aromatic heterocycles. The lowest BCUT2D eigenvalue weighted by molar-refractivity contribution is -0.139. The third kappa shape index (κ3) is 23.7. The van der Waals surface area contributed by atoms with Crippen molar-refractivity contribution in [1.82, 2.24) is 45.6 Å². The van der Waals surface area contributed by atoms with Crippen molar-refractivity contribution in [2.75, 3.05) is 123 Å². The number of carbonyl (C=O) groups excluding carboxylic acids is 3. The molecule has 81 heavy (non-hydrogen) atoms. The number of carbonyl (C=O) groups is 4. The number of carboxylic acids is 1. The van der Waals surface area contributed by atoms with Crippen LogP contribution in [0.3, 0.4) is 0 Å². The van der Waals surface area contributed by atoms with Crippen LogP contribution in [0.25, 0.3) is 11.2 Å². The van der Waals surface area contributed by atoms with Gasteiger partial charge >= 0.3 is 11.9 Å². The molecule has 1 atom stereocenters. The molecule has 31 heteroatoms. The molecule has 0 bridgehead atoms. The molecule has 0 aliphatic carbocycles. The van der Waals surface area contributed by atoms with Crippen LogP contribution in [0, 0.1) is 29.1 Å². The minimum atomic E-state index is -2.36. The highest BCUT2D eigenvalue weighted by molar-refractivity contribution is 5.97. The first-order valence-electron chi connectivity index (χ1n) is 25.6. The van der Waals surface area contributed by atoms with Crippen molar-refractivity contribution >= 4 is 46.6 Å². The predicted octanol–water partition coefficient (Wildman–Crippen LogP) is 2.43. The number of anilines is 2. The number of aromatic nitrogens is 7. The minimum Gasteiger partial charge on any atom is -0.480 e. The number of nitrogens with two attached hydrogens (primary N) is 1. The molecule has 0 radical (unpaired) electrons. The van der Waals surface area contributed by atoms with Gasteiger partial charge in [-0.15, -0.1) is 5.10 Å². The van der Waals surface area contributed by atoms with Crippen LogP contribution in [0.15, 0.2) is 41.5 Å². The fraction of sp³-hybridized carbons (Fsp3) is 0.520. The van der Waals surface area contributed by atoms with Crippen LogP contribution in [0.4, 0.5) is 33.6 Å². The predicted molar refractivity (Wildman–Crippen MR) is 273 cm³/mol. The molecule has 5 rings (SSSR count). The standard InChI is InChI=1S/C50H64F5N11O15/c51-39-40(52)42(54)45(43(55)41(39)53)81-38(68)10-13-73-15-17-75-19-21-77-23-25-79-27-28-80-26-24-78-22-20-76-18-16-74-14-12-66-31-34(64-65-66)3-1-2-11-57-37(67)9-8-36(49(71)72)61-47(69)32-4-6-33(7-5-32)58-29-35-30-59-46-44(60-35)48(70)63-50(56)62-46/h4-7,30-31,36,58H,1-3,8-29H2,(H,57,67)(H,61,69)(H,71,72)(H3,56,59,62,63,70)/t36-/m0/s1. The van der Waals surface area contributed by atoms with Gasteiger partial charge in [-0.2, -0.15) is 13.8 Å². The number of hydrogen-bond acceptors (Lipinski definition) is 21. The first-order valence-corrected chi connectivity index (χ1v) is 25.6. The summed E-state index contributed by atoms with van der Waals surface area (Å²) in [4.78, 5) is 75.8. The van der Waals surface area contributed by atoms with Gasteiger partial charge < -0.3 is 69.4 Å². The van der Waals surface area contributed by atoms with Crippen LogP contribution < -0.4 is 32.0 Å². The highest BCUT2D eigenvalue weighted by atomic mass is 19.2. The number of carboxylic acid groups (broad SMARTS) is 1. The number of H-pyrrole nitrogens is 1. The summed E-state index contributed by atoms with van der Waals surface area (Å²) in [7, 11) is 0. The Morgan fingerprint density at radius 2 is 1.22 bits per heavy atom. The lowest BCUT2D eigenvalue weighted by Gasteiger charge is -2.15. The third-order valence-electron chi connectivity index (χ3n) is 11.0. The van der Waals surface area contributed by atoms with E-state index in [4.69, 9.17) is 43.6 Å². The van der Waals surface area contributed by atoms with Crippen molar-refractivity contribution in [1.29, 1.82) is 0 Å². The number of nitrogens with one attached hydrogen (secondary N) is 4. The molecule has 26 nitrogen and oxygen atoms in total. The number of hydrogen-bond donors (Lipinski definition) is 6. The van der Waals surface area contributed by atoms with E-state index in [2.05, 4.69) is 50.9 Å². The van der Waals surface area contributed by atoms with E-state index in [0.29, 0.717) is 110 Å². The molecule has 2 aromatic carbocycles. The van der Waals surface area contributed by atoms with E-state index in [9.17, 15) is 51.0 Å². The second-order valence-electron chi connectivity index (χ2n) is 17.1. The number of esters is 1. The molecule has 0 saturated carbocycles. The van der Waals surface area contributed by atoms with E-state index in [1.165, 1.54) is 18.3 Å². The zero-order chi connectivity index (χ0) is 58.2. The average molecular weight is 1150 g/mol. The van der Waals surface area contributed by atoms with Crippen molar-refractivity contribution in [2.45, 2.75) is 57.7 Å². The number of benzene rings is 2. The number of unbranched alkanes of at least 4 members (excludes halogenated alkanes) is 1. The van der Waals surface area contributed by atoms with Crippen LogP contribution in [-0.2, 0) is 71.8 Å². The summed E-state index contributed by atoms with van der Waals surface area (Å²) >= 11 is 0. The molecule has 0 spiro atoms. The molecule has 0 saturated heterocycles. The number of nitrogens with zero attached hydrogens (tertiary/aromatic N) is 6. The van der Waals surface area contributed by atoms with Crippen LogP contribution in [0.1, 0.15) is 53.8 Å². The number of nitrogen functional groups attached to an aromatic ring is 1. The Morgan fingerprint density at radius 3 is 1.79 bits per heavy atom. The van der Waals surface area contributed by atoms with Crippen LogP contribution in [-0.4, -0.2) is 182 Å². The molecular formula is C50H64F5N11O15. The summed E-state index contributed by atoms with van der Waals surface area (Å²) in [6, 6.07) is 5.00. The van der Waals surface area contributed by atoms with Crippen molar-refractivity contribution in [3.05, 3.63) is 93.1 Å². The number of ether oxygens (including phenoxy) is 9. The van der Waals surface area contributed by atoms with Crippen molar-refractivity contribution in [3.63, 3.8) is 0 Å². The first kappa shape index (κ1) is 64.4. The summed E-state index contributed by atoms with van der Waals surface area (Å²) in [5, 5.41) is 26.4. The zero-order valence-corrected chi connectivity index (χ0v) is 44.0. The Hall–Kier alpha value is -7.39. The maximum atomic E-state index is 13.6. The molecule has 2 amide bonds. The van der Waals surface area contributed by atoms with E-state index in [1.807, 2.05) is 6.20 Å². The molecule has 0 unspecified atom stereocenters. The van der Waals surface area contributed by atoms with E-state index in [1.54, 1.807) is 16.8 Å². The van der Waals surface area contributed by atoms with Crippen molar-refractivity contribution < 1.29 is 88.9 Å². The van der Waals surface area contributed by atoms with Crippen LogP contribution in [0.5, 0.6) is 5.75 Å². The Kier molecular flexibility index (Phi) is 28.7. The maximum Gasteiger partial charge on any atom is 0.326 e. The number of halogens is 5. The van der Waals surface area contributed by atoms with E-state index in [-0.39, 0.29) is 81.0 Å². The second kappa shape index (κ2) is 36.1. The lowest BCUT2D eigenvalue weighted by atomic mass is 10.1. The number of aromatic amines is 1.